The lowest BCUT2D eigenvalue weighted by Crippen LogP contribution is -2.13. The van der Waals surface area contributed by atoms with Gasteiger partial charge in [0.2, 0.25) is 0 Å². The van der Waals surface area contributed by atoms with Gasteiger partial charge in [-0.25, -0.2) is 9.37 Å². The van der Waals surface area contributed by atoms with E-state index < -0.39 is 5.91 Å². The molecular weight excluding hydrogens is 379 g/mol. The Morgan fingerprint density at radius 1 is 1.29 bits per heavy atom. The molecule has 0 aliphatic rings. The molecule has 142 valence electrons. The van der Waals surface area contributed by atoms with Gasteiger partial charge in [0.1, 0.15) is 5.82 Å². The van der Waals surface area contributed by atoms with Crippen LogP contribution < -0.4 is 5.73 Å². The van der Waals surface area contributed by atoms with Gasteiger partial charge in [0, 0.05) is 23.7 Å². The molecule has 0 aliphatic carbocycles. The highest BCUT2D eigenvalue weighted by Crippen LogP contribution is 2.31. The third-order valence-electron chi connectivity index (χ3n) is 4.58. The molecule has 0 saturated heterocycles. The first-order valence-electron chi connectivity index (χ1n) is 8.64. The van der Waals surface area contributed by atoms with E-state index in [4.69, 9.17) is 10.3 Å². The van der Waals surface area contributed by atoms with E-state index in [-0.39, 0.29) is 5.82 Å². The average molecular weight is 396 g/mol. The Labute approximate surface area is 164 Å². The number of benzene rings is 1. The second-order valence-electron chi connectivity index (χ2n) is 6.34. The first kappa shape index (κ1) is 18.1. The number of nitrogens with zero attached hydrogens (tertiary/aromatic N) is 3. The van der Waals surface area contributed by atoms with Gasteiger partial charge in [-0.3, -0.25) is 4.79 Å². The zero-order valence-corrected chi connectivity index (χ0v) is 15.9. The minimum Gasteiger partial charge on any atom is -0.366 e. The second-order valence-corrected chi connectivity index (χ2v) is 7.19. The molecule has 0 unspecified atom stereocenters. The lowest BCUT2D eigenvalue weighted by molar-refractivity contribution is 0.0999. The number of carbonyl (C=O) groups is 1. The van der Waals surface area contributed by atoms with Gasteiger partial charge in [-0.05, 0) is 37.1 Å². The van der Waals surface area contributed by atoms with Crippen molar-refractivity contribution < 1.29 is 13.7 Å². The molecule has 0 saturated carbocycles. The molecule has 0 aliphatic heterocycles. The van der Waals surface area contributed by atoms with Crippen molar-refractivity contribution in [2.75, 3.05) is 0 Å². The maximum absolute atomic E-state index is 13.1. The number of rotatable bonds is 6. The van der Waals surface area contributed by atoms with E-state index in [2.05, 4.69) is 10.1 Å². The fourth-order valence-corrected chi connectivity index (χ4v) is 3.89. The van der Waals surface area contributed by atoms with Gasteiger partial charge in [-0.2, -0.15) is 0 Å². The normalized spacial score (nSPS) is 11.1. The molecule has 1 aromatic carbocycles. The van der Waals surface area contributed by atoms with Crippen LogP contribution in [0.15, 0.2) is 52.5 Å². The van der Waals surface area contributed by atoms with Crippen molar-refractivity contribution in [2.45, 2.75) is 19.9 Å². The summed E-state index contributed by atoms with van der Waals surface area (Å²) in [4.78, 5) is 16.5. The maximum atomic E-state index is 13.1. The molecule has 6 nitrogen and oxygen atoms in total. The smallest absolute Gasteiger partial charge is 0.250 e. The summed E-state index contributed by atoms with van der Waals surface area (Å²) in [6, 6.07) is 9.91. The van der Waals surface area contributed by atoms with E-state index in [9.17, 15) is 9.18 Å². The largest absolute Gasteiger partial charge is 0.366 e. The van der Waals surface area contributed by atoms with Crippen LogP contribution in [0.1, 0.15) is 21.6 Å². The topological polar surface area (TPSA) is 86.9 Å². The molecule has 0 spiro atoms. The van der Waals surface area contributed by atoms with Crippen LogP contribution in [-0.2, 0) is 13.0 Å². The molecule has 28 heavy (non-hydrogen) atoms. The Morgan fingerprint density at radius 3 is 2.75 bits per heavy atom. The molecule has 8 heteroatoms. The minimum atomic E-state index is -0.482. The van der Waals surface area contributed by atoms with Crippen molar-refractivity contribution in [2.24, 2.45) is 5.73 Å². The number of primary amides is 1. The molecule has 0 fully saturated rings. The lowest BCUT2D eigenvalue weighted by Gasteiger charge is -2.11. The van der Waals surface area contributed by atoms with Crippen LogP contribution in [0.4, 0.5) is 4.39 Å². The number of carbonyl (C=O) groups excluding carboxylic acids is 1. The monoisotopic (exact) mass is 396 g/mol. The van der Waals surface area contributed by atoms with Crippen LogP contribution in [0.25, 0.3) is 22.2 Å². The second kappa shape index (κ2) is 7.40. The fourth-order valence-electron chi connectivity index (χ4n) is 3.12. The number of hydrogen-bond donors (Lipinski definition) is 1. The maximum Gasteiger partial charge on any atom is 0.250 e. The van der Waals surface area contributed by atoms with Crippen molar-refractivity contribution in [1.82, 2.24) is 14.7 Å². The summed E-state index contributed by atoms with van der Waals surface area (Å²) in [5.41, 5.74) is 9.32. The zero-order chi connectivity index (χ0) is 19.7. The van der Waals surface area contributed by atoms with Crippen molar-refractivity contribution in [3.8, 4) is 22.2 Å². The van der Waals surface area contributed by atoms with Gasteiger partial charge in [-0.1, -0.05) is 17.3 Å². The number of hydrogen-bond acceptors (Lipinski definition) is 5. The number of thiazole rings is 1. The van der Waals surface area contributed by atoms with Gasteiger partial charge in [0.25, 0.3) is 5.91 Å². The summed E-state index contributed by atoms with van der Waals surface area (Å²) in [6.45, 7) is 2.47. The first-order valence-corrected chi connectivity index (χ1v) is 9.52. The Hall–Kier alpha value is -3.26. The average Bonchev–Trinajstić information content (AvgIpc) is 3.41. The minimum absolute atomic E-state index is 0.264. The Kier molecular flexibility index (Phi) is 4.79. The molecule has 1 amide bonds. The molecule has 3 heterocycles. The standard InChI is InChI=1S/C20H17FN4O2S/c1-12-15(19(22)26)10-17(16-11-28-20(24-16)18-6-8-23-27-18)25(12)9-7-13-2-4-14(21)5-3-13/h2-6,8,10-11H,7,9H2,1H3,(H2,22,26). The highest BCUT2D eigenvalue weighted by molar-refractivity contribution is 7.13. The van der Waals surface area contributed by atoms with Gasteiger partial charge in [-0.15, -0.1) is 11.3 Å². The summed E-state index contributed by atoms with van der Waals surface area (Å²) in [7, 11) is 0. The Bertz CT molecular complexity index is 1110. The Morgan fingerprint density at radius 2 is 2.07 bits per heavy atom. The SMILES string of the molecule is Cc1c(C(N)=O)cc(-c2csc(-c3ccno3)n2)n1CCc1ccc(F)cc1. The highest BCUT2D eigenvalue weighted by atomic mass is 32.1. The zero-order valence-electron chi connectivity index (χ0n) is 15.1. The van der Waals surface area contributed by atoms with Crippen molar-refractivity contribution in [3.05, 3.63) is 70.6 Å². The van der Waals surface area contributed by atoms with Gasteiger partial charge < -0.3 is 14.8 Å². The number of nitrogens with two attached hydrogens (primary N) is 1. The molecule has 2 N–H and O–H groups in total. The van der Waals surface area contributed by atoms with Crippen LogP contribution in [-0.4, -0.2) is 20.6 Å². The molecule has 4 rings (SSSR count). The summed E-state index contributed by atoms with van der Waals surface area (Å²) < 4.78 is 20.3. The lowest BCUT2D eigenvalue weighted by atomic mass is 10.1. The molecule has 0 radical (unpaired) electrons. The number of halogens is 1. The van der Waals surface area contributed by atoms with Crippen LogP contribution in [0.3, 0.4) is 0 Å². The van der Waals surface area contributed by atoms with E-state index >= 15 is 0 Å². The van der Waals surface area contributed by atoms with Crippen LogP contribution in [0.5, 0.6) is 0 Å². The third kappa shape index (κ3) is 3.46. The summed E-state index contributed by atoms with van der Waals surface area (Å²) >= 11 is 1.43. The Balaban J connectivity index is 1.69. The van der Waals surface area contributed by atoms with Gasteiger partial charge in [0.15, 0.2) is 10.8 Å². The summed E-state index contributed by atoms with van der Waals surface area (Å²) in [5, 5.41) is 6.32. The van der Waals surface area contributed by atoms with E-state index in [0.717, 1.165) is 22.6 Å². The summed E-state index contributed by atoms with van der Waals surface area (Å²) in [5.74, 6) is -0.155. The van der Waals surface area contributed by atoms with E-state index in [0.29, 0.717) is 29.3 Å². The number of aryl methyl sites for hydroxylation is 1. The highest BCUT2D eigenvalue weighted by Gasteiger charge is 2.19. The first-order chi connectivity index (χ1) is 13.5. The molecule has 0 atom stereocenters. The molecule has 4 aromatic rings. The number of aromatic nitrogens is 3. The van der Waals surface area contributed by atoms with Gasteiger partial charge >= 0.3 is 0 Å². The van der Waals surface area contributed by atoms with E-state index in [1.807, 2.05) is 16.9 Å². The van der Waals surface area contributed by atoms with E-state index in [1.54, 1.807) is 30.5 Å². The van der Waals surface area contributed by atoms with Crippen molar-refractivity contribution >= 4 is 17.2 Å². The van der Waals surface area contributed by atoms with E-state index in [1.165, 1.54) is 23.5 Å². The van der Waals surface area contributed by atoms with Crippen LogP contribution in [0, 0.1) is 12.7 Å². The molecule has 3 aromatic heterocycles. The third-order valence-corrected chi connectivity index (χ3v) is 5.44. The van der Waals surface area contributed by atoms with Crippen LogP contribution >= 0.6 is 11.3 Å². The van der Waals surface area contributed by atoms with Crippen molar-refractivity contribution in [3.63, 3.8) is 0 Å². The quantitative estimate of drug-likeness (QED) is 0.532. The predicted molar refractivity (Wildman–Crippen MR) is 104 cm³/mol. The number of amides is 1. The van der Waals surface area contributed by atoms with Crippen molar-refractivity contribution in [1.29, 1.82) is 0 Å². The molecule has 0 bridgehead atoms. The fraction of sp³-hybridized carbons (Fsp3) is 0.150. The van der Waals surface area contributed by atoms with Crippen LogP contribution in [0.2, 0.25) is 0 Å². The predicted octanol–water partition coefficient (Wildman–Crippen LogP) is 4.06. The molecular formula is C20H17FN4O2S. The summed E-state index contributed by atoms with van der Waals surface area (Å²) in [6.07, 6.45) is 2.25. The van der Waals surface area contributed by atoms with Gasteiger partial charge in [0.05, 0.1) is 23.1 Å².